The number of aliphatic hydroxyl groups excluding tert-OH is 1. The number of pyridine rings is 1. The zero-order valence-corrected chi connectivity index (χ0v) is 12.3. The Morgan fingerprint density at radius 1 is 1.30 bits per heavy atom. The van der Waals surface area contributed by atoms with Crippen molar-refractivity contribution >= 4 is 5.69 Å². The second-order valence-corrected chi connectivity index (χ2v) is 5.36. The molecular weight excluding hydrogens is 252 g/mol. The molecule has 112 valence electrons. The van der Waals surface area contributed by atoms with E-state index in [0.717, 1.165) is 51.3 Å². The van der Waals surface area contributed by atoms with Gasteiger partial charge >= 0.3 is 0 Å². The third-order valence-corrected chi connectivity index (χ3v) is 3.96. The van der Waals surface area contributed by atoms with E-state index in [1.165, 1.54) is 5.69 Å². The summed E-state index contributed by atoms with van der Waals surface area (Å²) in [5.74, 6) is 0. The highest BCUT2D eigenvalue weighted by Gasteiger charge is 2.15. The van der Waals surface area contributed by atoms with Gasteiger partial charge < -0.3 is 15.7 Å². The van der Waals surface area contributed by atoms with Crippen molar-refractivity contribution in [1.82, 2.24) is 9.88 Å². The molecule has 0 aromatic carbocycles. The van der Waals surface area contributed by atoms with Gasteiger partial charge in [-0.15, -0.1) is 0 Å². The highest BCUT2D eigenvalue weighted by Crippen LogP contribution is 2.18. The molecule has 0 aliphatic carbocycles. The van der Waals surface area contributed by atoms with E-state index < -0.39 is 0 Å². The molecule has 5 nitrogen and oxygen atoms in total. The van der Waals surface area contributed by atoms with E-state index >= 15 is 0 Å². The molecular formula is C15H26N4O. The summed E-state index contributed by atoms with van der Waals surface area (Å²) in [7, 11) is 0. The third-order valence-electron chi connectivity index (χ3n) is 3.96. The summed E-state index contributed by atoms with van der Waals surface area (Å²) in [5.41, 5.74) is 8.13. The molecule has 2 heterocycles. The van der Waals surface area contributed by atoms with Gasteiger partial charge in [-0.25, -0.2) is 0 Å². The van der Waals surface area contributed by atoms with Gasteiger partial charge in [-0.1, -0.05) is 6.92 Å². The maximum absolute atomic E-state index is 9.02. The van der Waals surface area contributed by atoms with Crippen LogP contribution in [0, 0.1) is 0 Å². The fourth-order valence-corrected chi connectivity index (χ4v) is 2.61. The van der Waals surface area contributed by atoms with Crippen LogP contribution in [0.25, 0.3) is 0 Å². The Balaban J connectivity index is 1.97. The largest absolute Gasteiger partial charge is 0.395 e. The van der Waals surface area contributed by atoms with Crippen molar-refractivity contribution in [3.63, 3.8) is 0 Å². The maximum atomic E-state index is 9.02. The summed E-state index contributed by atoms with van der Waals surface area (Å²) in [6, 6.07) is 4.20. The highest BCUT2D eigenvalue weighted by molar-refractivity contribution is 5.45. The normalized spacial score (nSPS) is 18.9. The van der Waals surface area contributed by atoms with Crippen LogP contribution in [-0.4, -0.2) is 54.3 Å². The van der Waals surface area contributed by atoms with E-state index in [0.29, 0.717) is 0 Å². The molecule has 0 radical (unpaired) electrons. The van der Waals surface area contributed by atoms with E-state index in [4.69, 9.17) is 10.8 Å². The molecule has 0 bridgehead atoms. The molecule has 5 heteroatoms. The van der Waals surface area contributed by atoms with Gasteiger partial charge in [0.2, 0.25) is 0 Å². The standard InChI is InChI=1S/C15H26N4O/c1-2-14(16)15-5-4-13(12-17-15)19-7-3-6-18(8-9-19)10-11-20/h4-5,12,14,20H,2-3,6-11,16H2,1H3. The van der Waals surface area contributed by atoms with Gasteiger partial charge in [-0.3, -0.25) is 9.88 Å². The topological polar surface area (TPSA) is 65.6 Å². The quantitative estimate of drug-likeness (QED) is 0.841. The molecule has 0 amide bonds. The number of nitrogens with two attached hydrogens (primary N) is 1. The number of hydrogen-bond acceptors (Lipinski definition) is 5. The monoisotopic (exact) mass is 278 g/mol. The molecule has 1 aromatic rings. The molecule has 1 saturated heterocycles. The molecule has 1 unspecified atom stereocenters. The Hall–Kier alpha value is -1.17. The number of anilines is 1. The molecule has 3 N–H and O–H groups in total. The molecule has 2 rings (SSSR count). The fourth-order valence-electron chi connectivity index (χ4n) is 2.61. The van der Waals surface area contributed by atoms with Crippen molar-refractivity contribution in [1.29, 1.82) is 0 Å². The Bertz CT molecular complexity index is 395. The van der Waals surface area contributed by atoms with Crippen molar-refractivity contribution in [2.75, 3.05) is 44.2 Å². The first kappa shape index (κ1) is 15.2. The maximum Gasteiger partial charge on any atom is 0.0572 e. The lowest BCUT2D eigenvalue weighted by Crippen LogP contribution is -2.32. The minimum Gasteiger partial charge on any atom is -0.395 e. The molecule has 20 heavy (non-hydrogen) atoms. The molecule has 1 fully saturated rings. The van der Waals surface area contributed by atoms with Crippen LogP contribution in [0.4, 0.5) is 5.69 Å². The lowest BCUT2D eigenvalue weighted by Gasteiger charge is -2.23. The number of hydrogen-bond donors (Lipinski definition) is 2. The van der Waals surface area contributed by atoms with Crippen LogP contribution in [0.5, 0.6) is 0 Å². The molecule has 1 aliphatic heterocycles. The van der Waals surface area contributed by atoms with Gasteiger partial charge in [0.25, 0.3) is 0 Å². The van der Waals surface area contributed by atoms with Crippen molar-refractivity contribution in [2.45, 2.75) is 25.8 Å². The minimum absolute atomic E-state index is 0.0354. The highest BCUT2D eigenvalue weighted by atomic mass is 16.3. The summed E-state index contributed by atoms with van der Waals surface area (Å²) in [6.07, 6.45) is 3.97. The average Bonchev–Trinajstić information content (AvgIpc) is 2.73. The summed E-state index contributed by atoms with van der Waals surface area (Å²) in [6.45, 7) is 7.18. The molecule has 1 aliphatic rings. The second kappa shape index (κ2) is 7.57. The second-order valence-electron chi connectivity index (χ2n) is 5.36. The molecule has 0 spiro atoms. The predicted octanol–water partition coefficient (Wildman–Crippen LogP) is 0.996. The third kappa shape index (κ3) is 3.91. The minimum atomic E-state index is 0.0354. The van der Waals surface area contributed by atoms with Crippen LogP contribution in [0.1, 0.15) is 31.5 Å². The summed E-state index contributed by atoms with van der Waals surface area (Å²) in [5, 5.41) is 9.02. The molecule has 1 atom stereocenters. The van der Waals surface area contributed by atoms with Crippen molar-refractivity contribution in [3.8, 4) is 0 Å². The van der Waals surface area contributed by atoms with Gasteiger partial charge in [0, 0.05) is 32.2 Å². The molecule has 1 aromatic heterocycles. The number of aliphatic hydroxyl groups is 1. The fraction of sp³-hybridized carbons (Fsp3) is 0.667. The molecule has 0 saturated carbocycles. The summed E-state index contributed by atoms with van der Waals surface area (Å²) in [4.78, 5) is 9.17. The van der Waals surface area contributed by atoms with E-state index in [9.17, 15) is 0 Å². The van der Waals surface area contributed by atoms with Crippen LogP contribution in [0.2, 0.25) is 0 Å². The van der Waals surface area contributed by atoms with Crippen LogP contribution < -0.4 is 10.6 Å². The van der Waals surface area contributed by atoms with Crippen LogP contribution in [0.15, 0.2) is 18.3 Å². The first-order chi connectivity index (χ1) is 9.74. The first-order valence-corrected chi connectivity index (χ1v) is 7.54. The zero-order valence-electron chi connectivity index (χ0n) is 12.3. The number of aromatic nitrogens is 1. The zero-order chi connectivity index (χ0) is 14.4. The average molecular weight is 278 g/mol. The first-order valence-electron chi connectivity index (χ1n) is 7.54. The summed E-state index contributed by atoms with van der Waals surface area (Å²) < 4.78 is 0. The summed E-state index contributed by atoms with van der Waals surface area (Å²) >= 11 is 0. The van der Waals surface area contributed by atoms with E-state index in [2.05, 4.69) is 27.8 Å². The van der Waals surface area contributed by atoms with Gasteiger partial charge in [0.15, 0.2) is 0 Å². The van der Waals surface area contributed by atoms with Crippen molar-refractivity contribution in [2.24, 2.45) is 5.73 Å². The Morgan fingerprint density at radius 2 is 2.15 bits per heavy atom. The number of β-amino-alcohol motifs (C(OH)–C–C–N with tert-alkyl or cyclic N) is 1. The number of rotatable bonds is 5. The van der Waals surface area contributed by atoms with Crippen molar-refractivity contribution in [3.05, 3.63) is 24.0 Å². The Kier molecular flexibility index (Phi) is 5.76. The Morgan fingerprint density at radius 3 is 2.80 bits per heavy atom. The van der Waals surface area contributed by atoms with Gasteiger partial charge in [-0.05, 0) is 31.5 Å². The van der Waals surface area contributed by atoms with E-state index in [-0.39, 0.29) is 12.6 Å². The van der Waals surface area contributed by atoms with E-state index in [1.807, 2.05) is 12.3 Å². The Labute approximate surface area is 121 Å². The predicted molar refractivity (Wildman–Crippen MR) is 81.8 cm³/mol. The lowest BCUT2D eigenvalue weighted by atomic mass is 10.1. The van der Waals surface area contributed by atoms with Crippen LogP contribution in [-0.2, 0) is 0 Å². The number of nitrogens with zero attached hydrogens (tertiary/aromatic N) is 3. The van der Waals surface area contributed by atoms with E-state index in [1.54, 1.807) is 0 Å². The lowest BCUT2D eigenvalue weighted by molar-refractivity contribution is 0.204. The smallest absolute Gasteiger partial charge is 0.0572 e. The van der Waals surface area contributed by atoms with Crippen LogP contribution in [0.3, 0.4) is 0 Å². The van der Waals surface area contributed by atoms with Crippen LogP contribution >= 0.6 is 0 Å². The van der Waals surface area contributed by atoms with Gasteiger partial charge in [0.05, 0.1) is 24.2 Å². The SMILES string of the molecule is CCC(N)c1ccc(N2CCCN(CCO)CC2)cn1. The van der Waals surface area contributed by atoms with Gasteiger partial charge in [-0.2, -0.15) is 0 Å². The van der Waals surface area contributed by atoms with Gasteiger partial charge in [0.1, 0.15) is 0 Å². The van der Waals surface area contributed by atoms with Crippen molar-refractivity contribution < 1.29 is 5.11 Å².